The monoisotopic (exact) mass is 591 g/mol. The number of hydrogen-bond acceptors (Lipinski definition) is 7. The molecular weight excluding hydrogens is 558 g/mol. The van der Waals surface area contributed by atoms with Gasteiger partial charge in [-0.3, -0.25) is 9.59 Å². The molecule has 0 saturated carbocycles. The third kappa shape index (κ3) is 7.19. The molecule has 1 heterocycles. The van der Waals surface area contributed by atoms with Crippen molar-refractivity contribution < 1.29 is 48.7 Å². The maximum absolute atomic E-state index is 13.8. The van der Waals surface area contributed by atoms with Gasteiger partial charge >= 0.3 is 23.7 Å². The van der Waals surface area contributed by atoms with Crippen molar-refractivity contribution in [3.05, 3.63) is 96.1 Å². The third-order valence-corrected chi connectivity index (χ3v) is 7.41. The number of aliphatic carboxylic acids is 3. The number of carboxylic acid groups (broad SMARTS) is 3. The van der Waals surface area contributed by atoms with Gasteiger partial charge < -0.3 is 34.4 Å². The summed E-state index contributed by atoms with van der Waals surface area (Å²) in [4.78, 5) is 50.3. The van der Waals surface area contributed by atoms with E-state index < -0.39 is 54.4 Å². The minimum atomic E-state index is -3.08. The molecular formula is C32H33NO10. The van der Waals surface area contributed by atoms with Gasteiger partial charge in [0.25, 0.3) is 5.91 Å². The number of aryl methyl sites for hydroxylation is 1. The van der Waals surface area contributed by atoms with Crippen molar-refractivity contribution in [3.8, 4) is 11.5 Å². The van der Waals surface area contributed by atoms with Crippen LogP contribution >= 0.6 is 0 Å². The normalized spacial score (nSPS) is 18.7. The molecule has 1 aliphatic heterocycles. The molecule has 4 atom stereocenters. The molecule has 0 unspecified atom stereocenters. The minimum Gasteiger partial charge on any atom is -0.480 e. The van der Waals surface area contributed by atoms with Gasteiger partial charge in [0.2, 0.25) is 0 Å². The molecule has 0 radical (unpaired) electrons. The summed E-state index contributed by atoms with van der Waals surface area (Å²) in [5.74, 6) is -8.27. The molecule has 0 aliphatic carbocycles. The van der Waals surface area contributed by atoms with E-state index in [-0.39, 0.29) is 5.92 Å². The number of carbonyl (C=O) groups excluding carboxylic acids is 1. The van der Waals surface area contributed by atoms with Gasteiger partial charge in [0.05, 0.1) is 6.10 Å². The van der Waals surface area contributed by atoms with Crippen molar-refractivity contribution in [1.29, 1.82) is 0 Å². The molecule has 3 aromatic carbocycles. The second-order valence-electron chi connectivity index (χ2n) is 10.3. The summed E-state index contributed by atoms with van der Waals surface area (Å²) >= 11 is 0. The molecule has 1 amide bonds. The number of benzene rings is 3. The lowest BCUT2D eigenvalue weighted by molar-refractivity contribution is -0.220. The van der Waals surface area contributed by atoms with Crippen LogP contribution in [0.5, 0.6) is 11.5 Å². The van der Waals surface area contributed by atoms with E-state index in [2.05, 4.69) is 0 Å². The molecule has 3 aromatic rings. The average molecular weight is 592 g/mol. The van der Waals surface area contributed by atoms with E-state index in [0.29, 0.717) is 24.3 Å². The van der Waals surface area contributed by atoms with Gasteiger partial charge in [0.1, 0.15) is 18.0 Å². The summed E-state index contributed by atoms with van der Waals surface area (Å²) in [5.41, 5.74) is 1.86. The summed E-state index contributed by atoms with van der Waals surface area (Å²) in [6.07, 6.45) is -1.79. The Morgan fingerprint density at radius 1 is 0.837 bits per heavy atom. The van der Waals surface area contributed by atoms with Crippen LogP contribution < -0.4 is 4.74 Å². The van der Waals surface area contributed by atoms with E-state index in [0.717, 1.165) is 16.0 Å². The van der Waals surface area contributed by atoms with Crippen molar-refractivity contribution >= 4 is 23.8 Å². The number of hydrogen-bond donors (Lipinski definition) is 3. The zero-order valence-electron chi connectivity index (χ0n) is 23.7. The fourth-order valence-corrected chi connectivity index (χ4v) is 5.18. The molecule has 226 valence electrons. The van der Waals surface area contributed by atoms with Gasteiger partial charge in [-0.15, -0.1) is 0 Å². The van der Waals surface area contributed by atoms with Crippen molar-refractivity contribution in [2.45, 2.75) is 56.6 Å². The minimum absolute atomic E-state index is 0.379. The zero-order chi connectivity index (χ0) is 31.1. The second kappa shape index (κ2) is 13.5. The van der Waals surface area contributed by atoms with Crippen LogP contribution in [0.25, 0.3) is 0 Å². The van der Waals surface area contributed by atoms with Crippen LogP contribution in [0.3, 0.4) is 0 Å². The first kappa shape index (κ1) is 31.2. The topological polar surface area (TPSA) is 160 Å². The maximum atomic E-state index is 13.8. The summed E-state index contributed by atoms with van der Waals surface area (Å²) < 4.78 is 16.3. The standard InChI is InChI=1S/C32H33NO10/c1-20(33(19-27(34)35)29(36)28-21(2)42-32(43-28,30(37)38)31(39)40)26(18-13-22-9-5-3-6-10-22)23-14-16-25(17-15-23)41-24-11-7-4-8-12-24/h3-12,14-17,20-21,26,28H,13,18-19H2,1-2H3,(H,34,35)(H,37,38)(H,39,40)/t20-,21+,26+,28-/m1/s1. The molecule has 4 rings (SSSR count). The van der Waals surface area contributed by atoms with Crippen LogP contribution in [-0.4, -0.2) is 74.6 Å². The SMILES string of the molecule is C[C@@H]1OC(C(=O)O)(C(=O)O)O[C@H]1C(=O)N(CC(=O)O)[C@H](C)[C@H](CCc1ccccc1)c1ccc(Oc2ccccc2)cc1. The van der Waals surface area contributed by atoms with Crippen LogP contribution in [-0.2, 0) is 35.1 Å². The summed E-state index contributed by atoms with van der Waals surface area (Å²) in [5, 5.41) is 28.8. The summed E-state index contributed by atoms with van der Waals surface area (Å²) in [7, 11) is 0. The number of para-hydroxylation sites is 1. The van der Waals surface area contributed by atoms with E-state index in [1.54, 1.807) is 19.1 Å². The number of amides is 1. The predicted molar refractivity (Wildman–Crippen MR) is 153 cm³/mol. The van der Waals surface area contributed by atoms with E-state index >= 15 is 0 Å². The summed E-state index contributed by atoms with van der Waals surface area (Å²) in [6.45, 7) is 2.28. The second-order valence-corrected chi connectivity index (χ2v) is 10.3. The fourth-order valence-electron chi connectivity index (χ4n) is 5.18. The molecule has 1 fully saturated rings. The Kier molecular flexibility index (Phi) is 9.79. The van der Waals surface area contributed by atoms with Crippen LogP contribution in [0.2, 0.25) is 0 Å². The number of rotatable bonds is 13. The van der Waals surface area contributed by atoms with Crippen molar-refractivity contribution in [3.63, 3.8) is 0 Å². The first-order valence-corrected chi connectivity index (χ1v) is 13.7. The Morgan fingerprint density at radius 2 is 1.40 bits per heavy atom. The molecule has 3 N–H and O–H groups in total. The predicted octanol–water partition coefficient (Wildman–Crippen LogP) is 4.17. The number of carbonyl (C=O) groups is 4. The molecule has 0 aromatic heterocycles. The molecule has 11 heteroatoms. The largest absolute Gasteiger partial charge is 0.480 e. The van der Waals surface area contributed by atoms with Gasteiger partial charge in [-0.05, 0) is 62.1 Å². The van der Waals surface area contributed by atoms with E-state index in [1.807, 2.05) is 72.8 Å². The fraction of sp³-hybridized carbons (Fsp3) is 0.312. The van der Waals surface area contributed by atoms with E-state index in [1.165, 1.54) is 6.92 Å². The molecule has 0 spiro atoms. The van der Waals surface area contributed by atoms with Crippen LogP contribution in [0.1, 0.15) is 37.3 Å². The highest BCUT2D eigenvalue weighted by molar-refractivity contribution is 6.01. The molecule has 43 heavy (non-hydrogen) atoms. The quantitative estimate of drug-likeness (QED) is 0.246. The van der Waals surface area contributed by atoms with Gasteiger partial charge in [-0.25, -0.2) is 9.59 Å². The van der Waals surface area contributed by atoms with Crippen LogP contribution in [0, 0.1) is 0 Å². The first-order valence-electron chi connectivity index (χ1n) is 13.7. The smallest absolute Gasteiger partial charge is 0.377 e. The van der Waals surface area contributed by atoms with Crippen molar-refractivity contribution in [2.24, 2.45) is 0 Å². The van der Waals surface area contributed by atoms with Crippen LogP contribution in [0.15, 0.2) is 84.9 Å². The van der Waals surface area contributed by atoms with Gasteiger partial charge in [-0.2, -0.15) is 0 Å². The van der Waals surface area contributed by atoms with Gasteiger partial charge in [-0.1, -0.05) is 60.7 Å². The lowest BCUT2D eigenvalue weighted by Crippen LogP contribution is -2.52. The van der Waals surface area contributed by atoms with Crippen molar-refractivity contribution in [2.75, 3.05) is 6.54 Å². The lowest BCUT2D eigenvalue weighted by Gasteiger charge is -2.36. The van der Waals surface area contributed by atoms with Gasteiger partial charge in [0, 0.05) is 12.0 Å². The Morgan fingerprint density at radius 3 is 1.93 bits per heavy atom. The molecule has 0 bridgehead atoms. The number of carboxylic acids is 3. The van der Waals surface area contributed by atoms with E-state index in [9.17, 15) is 34.5 Å². The highest BCUT2D eigenvalue weighted by atomic mass is 16.8. The van der Waals surface area contributed by atoms with Crippen molar-refractivity contribution in [1.82, 2.24) is 4.90 Å². The Bertz CT molecular complexity index is 1410. The molecule has 1 saturated heterocycles. The Balaban J connectivity index is 1.64. The lowest BCUT2D eigenvalue weighted by atomic mass is 9.85. The average Bonchev–Trinajstić information content (AvgIpc) is 3.36. The number of nitrogens with zero attached hydrogens (tertiary/aromatic N) is 1. The third-order valence-electron chi connectivity index (χ3n) is 7.41. The van der Waals surface area contributed by atoms with E-state index in [4.69, 9.17) is 14.2 Å². The summed E-state index contributed by atoms with van der Waals surface area (Å²) in [6, 6.07) is 25.5. The highest BCUT2D eigenvalue weighted by Gasteiger charge is 2.61. The Labute approximate surface area is 248 Å². The highest BCUT2D eigenvalue weighted by Crippen LogP contribution is 2.35. The van der Waals surface area contributed by atoms with Crippen LogP contribution in [0.4, 0.5) is 0 Å². The molecule has 1 aliphatic rings. The maximum Gasteiger partial charge on any atom is 0.377 e. The Hall–Kier alpha value is -4.74. The van der Waals surface area contributed by atoms with Gasteiger partial charge in [0.15, 0.2) is 6.10 Å². The first-order chi connectivity index (χ1) is 20.5. The molecule has 11 nitrogen and oxygen atoms in total. The number of ether oxygens (including phenoxy) is 3. The zero-order valence-corrected chi connectivity index (χ0v) is 23.7.